The van der Waals surface area contributed by atoms with Gasteiger partial charge in [0.25, 0.3) is 0 Å². The van der Waals surface area contributed by atoms with Gasteiger partial charge >= 0.3 is 0 Å². The summed E-state index contributed by atoms with van der Waals surface area (Å²) in [5.74, 6) is 1.88. The first kappa shape index (κ1) is 15.0. The molecule has 0 heterocycles. The van der Waals surface area contributed by atoms with Gasteiger partial charge in [-0.15, -0.1) is 11.6 Å². The zero-order valence-corrected chi connectivity index (χ0v) is 12.7. The van der Waals surface area contributed by atoms with Crippen LogP contribution in [0.4, 0.5) is 0 Å². The molecule has 0 saturated carbocycles. The van der Waals surface area contributed by atoms with Crippen LogP contribution in [0.3, 0.4) is 0 Å². The fourth-order valence-electron chi connectivity index (χ4n) is 1.81. The fourth-order valence-corrected chi connectivity index (χ4v) is 2.19. The molecular weight excluding hydrogens is 295 g/mol. The Balaban J connectivity index is 2.12. The van der Waals surface area contributed by atoms with Gasteiger partial charge in [0.05, 0.1) is 6.61 Å². The van der Waals surface area contributed by atoms with E-state index >= 15 is 0 Å². The topological polar surface area (TPSA) is 18.5 Å². The first-order chi connectivity index (χ1) is 9.72. The number of hydrogen-bond donors (Lipinski definition) is 0. The van der Waals surface area contributed by atoms with Crippen LogP contribution in [0.5, 0.6) is 11.5 Å². The van der Waals surface area contributed by atoms with E-state index in [1.54, 1.807) is 0 Å². The third kappa shape index (κ3) is 4.06. The molecule has 0 aliphatic heterocycles. The summed E-state index contributed by atoms with van der Waals surface area (Å²) in [4.78, 5) is 0. The Kier molecular flexibility index (Phi) is 5.57. The van der Waals surface area contributed by atoms with Gasteiger partial charge in [0.1, 0.15) is 6.61 Å². The van der Waals surface area contributed by atoms with Crippen LogP contribution in [0.15, 0.2) is 42.5 Å². The summed E-state index contributed by atoms with van der Waals surface area (Å²) in [6.07, 6.45) is 0. The Hall–Kier alpha value is -1.38. The van der Waals surface area contributed by atoms with Gasteiger partial charge in [-0.2, -0.15) is 0 Å². The van der Waals surface area contributed by atoms with Crippen molar-refractivity contribution in [2.45, 2.75) is 19.4 Å². The Morgan fingerprint density at radius 1 is 0.950 bits per heavy atom. The monoisotopic (exact) mass is 310 g/mol. The molecule has 0 radical (unpaired) electrons. The number of alkyl halides is 1. The first-order valence-corrected chi connectivity index (χ1v) is 7.33. The van der Waals surface area contributed by atoms with E-state index in [-0.39, 0.29) is 0 Å². The third-order valence-corrected chi connectivity index (χ3v) is 3.29. The highest BCUT2D eigenvalue weighted by atomic mass is 35.5. The molecule has 0 amide bonds. The van der Waals surface area contributed by atoms with Crippen LogP contribution in [0.2, 0.25) is 5.02 Å². The van der Waals surface area contributed by atoms with E-state index < -0.39 is 0 Å². The number of ether oxygens (including phenoxy) is 2. The summed E-state index contributed by atoms with van der Waals surface area (Å²) in [7, 11) is 0. The summed E-state index contributed by atoms with van der Waals surface area (Å²) < 4.78 is 11.4. The highest BCUT2D eigenvalue weighted by Crippen LogP contribution is 2.30. The van der Waals surface area contributed by atoms with Crippen molar-refractivity contribution in [2.75, 3.05) is 6.61 Å². The molecule has 0 aromatic heterocycles. The number of rotatable bonds is 6. The maximum absolute atomic E-state index is 5.95. The highest BCUT2D eigenvalue weighted by molar-refractivity contribution is 6.30. The van der Waals surface area contributed by atoms with E-state index in [0.717, 1.165) is 11.1 Å². The van der Waals surface area contributed by atoms with Crippen LogP contribution in [0.1, 0.15) is 18.1 Å². The Morgan fingerprint density at radius 3 is 2.50 bits per heavy atom. The molecule has 4 heteroatoms. The number of hydrogen-bond acceptors (Lipinski definition) is 2. The van der Waals surface area contributed by atoms with Gasteiger partial charge in [-0.3, -0.25) is 0 Å². The molecule has 0 aliphatic rings. The zero-order valence-electron chi connectivity index (χ0n) is 11.2. The molecule has 106 valence electrons. The molecule has 0 fully saturated rings. The van der Waals surface area contributed by atoms with E-state index in [0.29, 0.717) is 35.6 Å². The average molecular weight is 311 g/mol. The lowest BCUT2D eigenvalue weighted by Gasteiger charge is -2.13. The summed E-state index contributed by atoms with van der Waals surface area (Å²) in [5, 5.41) is 0.702. The van der Waals surface area contributed by atoms with Crippen molar-refractivity contribution in [3.05, 3.63) is 58.6 Å². The maximum Gasteiger partial charge on any atom is 0.161 e. The molecule has 0 saturated heterocycles. The van der Waals surface area contributed by atoms with Crippen molar-refractivity contribution >= 4 is 23.2 Å². The summed E-state index contributed by atoms with van der Waals surface area (Å²) >= 11 is 11.8. The molecular formula is C16H16Cl2O2. The molecule has 0 atom stereocenters. The van der Waals surface area contributed by atoms with Crippen LogP contribution >= 0.6 is 23.2 Å². The molecule has 20 heavy (non-hydrogen) atoms. The van der Waals surface area contributed by atoms with Crippen molar-refractivity contribution < 1.29 is 9.47 Å². The summed E-state index contributed by atoms with van der Waals surface area (Å²) in [5.41, 5.74) is 2.02. The van der Waals surface area contributed by atoms with E-state index in [4.69, 9.17) is 32.7 Å². The van der Waals surface area contributed by atoms with Gasteiger partial charge in [-0.1, -0.05) is 29.8 Å². The van der Waals surface area contributed by atoms with E-state index in [1.165, 1.54) is 0 Å². The molecule has 0 N–H and O–H groups in total. The van der Waals surface area contributed by atoms with Crippen molar-refractivity contribution in [3.8, 4) is 11.5 Å². The Labute approximate surface area is 129 Å². The minimum Gasteiger partial charge on any atom is -0.490 e. The minimum atomic E-state index is 0.445. The van der Waals surface area contributed by atoms with Gasteiger partial charge in [0.2, 0.25) is 0 Å². The molecule has 0 spiro atoms. The molecule has 2 nitrogen and oxygen atoms in total. The van der Waals surface area contributed by atoms with Gasteiger partial charge < -0.3 is 9.47 Å². The van der Waals surface area contributed by atoms with Crippen molar-refractivity contribution in [1.29, 1.82) is 0 Å². The Bertz CT molecular complexity index is 570. The van der Waals surface area contributed by atoms with E-state index in [2.05, 4.69) is 0 Å². The lowest BCUT2D eigenvalue weighted by Crippen LogP contribution is -2.00. The predicted molar refractivity (Wildman–Crippen MR) is 83.0 cm³/mol. The number of benzene rings is 2. The smallest absolute Gasteiger partial charge is 0.161 e. The van der Waals surface area contributed by atoms with Crippen LogP contribution in [-0.4, -0.2) is 6.61 Å². The SMILES string of the molecule is CCOc1cc(CCl)ccc1OCc1cccc(Cl)c1. The maximum atomic E-state index is 5.95. The highest BCUT2D eigenvalue weighted by Gasteiger charge is 2.07. The van der Waals surface area contributed by atoms with Gasteiger partial charge in [0.15, 0.2) is 11.5 Å². The second-order valence-electron chi connectivity index (χ2n) is 4.27. The van der Waals surface area contributed by atoms with Crippen molar-refractivity contribution in [1.82, 2.24) is 0 Å². The van der Waals surface area contributed by atoms with Crippen molar-refractivity contribution in [2.24, 2.45) is 0 Å². The second-order valence-corrected chi connectivity index (χ2v) is 4.97. The van der Waals surface area contributed by atoms with E-state index in [1.807, 2.05) is 49.4 Å². The van der Waals surface area contributed by atoms with Gasteiger partial charge in [-0.25, -0.2) is 0 Å². The van der Waals surface area contributed by atoms with Crippen LogP contribution in [0.25, 0.3) is 0 Å². The molecule has 2 rings (SSSR count). The lowest BCUT2D eigenvalue weighted by atomic mass is 10.2. The minimum absolute atomic E-state index is 0.445. The quantitative estimate of drug-likeness (QED) is 0.695. The lowest BCUT2D eigenvalue weighted by molar-refractivity contribution is 0.269. The van der Waals surface area contributed by atoms with Crippen LogP contribution < -0.4 is 9.47 Å². The molecule has 0 aliphatic carbocycles. The average Bonchev–Trinajstić information content (AvgIpc) is 2.46. The summed E-state index contributed by atoms with van der Waals surface area (Å²) in [6, 6.07) is 13.3. The standard InChI is InChI=1S/C16H16Cl2O2/c1-2-19-16-9-12(10-17)6-7-15(16)20-11-13-4-3-5-14(18)8-13/h3-9H,2,10-11H2,1H3. The Morgan fingerprint density at radius 2 is 1.80 bits per heavy atom. The largest absolute Gasteiger partial charge is 0.490 e. The normalized spacial score (nSPS) is 10.3. The zero-order chi connectivity index (χ0) is 14.4. The van der Waals surface area contributed by atoms with E-state index in [9.17, 15) is 0 Å². The molecule has 2 aromatic rings. The second kappa shape index (κ2) is 7.41. The van der Waals surface area contributed by atoms with Crippen LogP contribution in [-0.2, 0) is 12.5 Å². The van der Waals surface area contributed by atoms with Gasteiger partial charge in [0, 0.05) is 10.9 Å². The molecule has 0 unspecified atom stereocenters. The van der Waals surface area contributed by atoms with Crippen molar-refractivity contribution in [3.63, 3.8) is 0 Å². The van der Waals surface area contributed by atoms with Crippen LogP contribution in [0, 0.1) is 0 Å². The first-order valence-electron chi connectivity index (χ1n) is 6.42. The predicted octanol–water partition coefficient (Wildman–Crippen LogP) is 5.06. The number of halogens is 2. The van der Waals surface area contributed by atoms with Gasteiger partial charge in [-0.05, 0) is 42.3 Å². The molecule has 0 bridgehead atoms. The summed E-state index contributed by atoms with van der Waals surface area (Å²) in [6.45, 7) is 2.97. The third-order valence-electron chi connectivity index (χ3n) is 2.75. The molecule has 2 aromatic carbocycles. The fraction of sp³-hybridized carbons (Fsp3) is 0.250.